The Hall–Kier alpha value is -1.56. The molecule has 0 saturated carbocycles. The normalized spacial score (nSPS) is 21.8. The van der Waals surface area contributed by atoms with E-state index in [-0.39, 0.29) is 12.1 Å². The number of hydrogen-bond donors (Lipinski definition) is 1. The minimum Gasteiger partial charge on any atom is -0.497 e. The van der Waals surface area contributed by atoms with Gasteiger partial charge in [0.05, 0.1) is 18.9 Å². The van der Waals surface area contributed by atoms with Gasteiger partial charge in [0.2, 0.25) is 0 Å². The second-order valence-corrected chi connectivity index (χ2v) is 6.45. The maximum atomic E-state index is 10.2. The van der Waals surface area contributed by atoms with Gasteiger partial charge in [-0.1, -0.05) is 23.7 Å². The third-order valence-electron chi connectivity index (χ3n) is 4.49. The molecule has 5 nitrogen and oxygen atoms in total. The van der Waals surface area contributed by atoms with Gasteiger partial charge < -0.3 is 9.84 Å². The highest BCUT2D eigenvalue weighted by molar-refractivity contribution is 6.30. The number of aliphatic hydroxyl groups excluding tert-OH is 1. The van der Waals surface area contributed by atoms with E-state index in [2.05, 4.69) is 16.1 Å². The van der Waals surface area contributed by atoms with Crippen LogP contribution in [0.3, 0.4) is 0 Å². The van der Waals surface area contributed by atoms with Gasteiger partial charge in [-0.15, -0.1) is 0 Å². The average Bonchev–Trinajstić information content (AvgIpc) is 3.02. The average molecular weight is 336 g/mol. The highest BCUT2D eigenvalue weighted by atomic mass is 35.5. The summed E-state index contributed by atoms with van der Waals surface area (Å²) >= 11 is 6.36. The molecule has 2 aromatic rings. The maximum Gasteiger partial charge on any atom is 0.131 e. The number of ether oxygens (including phenoxy) is 1. The quantitative estimate of drug-likeness (QED) is 0.933. The molecular formula is C17H22ClN3O2. The molecule has 1 saturated heterocycles. The number of halogens is 1. The Kier molecular flexibility index (Phi) is 4.62. The number of β-amino-alcohol motifs (C(OH)–C–C–N with tert-alkyl or cyclic N) is 1. The summed E-state index contributed by atoms with van der Waals surface area (Å²) < 4.78 is 7.01. The molecule has 1 aliphatic heterocycles. The van der Waals surface area contributed by atoms with Crippen LogP contribution in [0.15, 0.2) is 24.3 Å². The number of aromatic nitrogens is 2. The zero-order chi connectivity index (χ0) is 16.6. The summed E-state index contributed by atoms with van der Waals surface area (Å²) in [7, 11) is 3.51. The van der Waals surface area contributed by atoms with Crippen molar-refractivity contribution in [1.29, 1.82) is 0 Å². The van der Waals surface area contributed by atoms with Crippen molar-refractivity contribution < 1.29 is 9.84 Å². The zero-order valence-electron chi connectivity index (χ0n) is 13.7. The number of methoxy groups -OCH3 is 1. The number of likely N-dealkylation sites (tertiary alicyclic amines) is 1. The summed E-state index contributed by atoms with van der Waals surface area (Å²) in [5, 5.41) is 15.2. The molecule has 6 heteroatoms. The second kappa shape index (κ2) is 6.51. The SMILES string of the molecule is COc1cccc([C@H]2C[C@H](O)CN2Cc2c(C)nn(C)c2Cl)c1. The summed E-state index contributed by atoms with van der Waals surface area (Å²) in [5.41, 5.74) is 3.11. The standard InChI is InChI=1S/C17H22ClN3O2/c1-11-15(17(18)20(2)19-11)10-21-9-13(22)8-16(21)12-5-4-6-14(7-12)23-3/h4-7,13,16,22H,8-10H2,1-3H3/t13-,16+/m0/s1. The van der Waals surface area contributed by atoms with Crippen LogP contribution in [0.25, 0.3) is 0 Å². The van der Waals surface area contributed by atoms with Gasteiger partial charge in [-0.05, 0) is 31.0 Å². The van der Waals surface area contributed by atoms with E-state index in [9.17, 15) is 5.11 Å². The molecule has 23 heavy (non-hydrogen) atoms. The Labute approximate surface area is 141 Å². The molecule has 0 amide bonds. The van der Waals surface area contributed by atoms with Crippen LogP contribution in [-0.2, 0) is 13.6 Å². The van der Waals surface area contributed by atoms with Crippen LogP contribution in [0, 0.1) is 6.92 Å². The number of nitrogens with zero attached hydrogens (tertiary/aromatic N) is 3. The van der Waals surface area contributed by atoms with Gasteiger partial charge >= 0.3 is 0 Å². The van der Waals surface area contributed by atoms with Gasteiger partial charge in [0, 0.05) is 31.7 Å². The molecule has 0 radical (unpaired) electrons. The molecule has 0 unspecified atom stereocenters. The number of rotatable bonds is 4. The lowest BCUT2D eigenvalue weighted by atomic mass is 10.0. The zero-order valence-corrected chi connectivity index (χ0v) is 14.4. The van der Waals surface area contributed by atoms with Gasteiger partial charge in [0.15, 0.2) is 0 Å². The summed E-state index contributed by atoms with van der Waals surface area (Å²) in [5.74, 6) is 0.833. The predicted molar refractivity (Wildman–Crippen MR) is 89.7 cm³/mol. The van der Waals surface area contributed by atoms with Crippen LogP contribution in [0.2, 0.25) is 5.15 Å². The van der Waals surface area contributed by atoms with Crippen molar-refractivity contribution in [2.24, 2.45) is 7.05 Å². The summed E-state index contributed by atoms with van der Waals surface area (Å²) in [6, 6.07) is 8.18. The van der Waals surface area contributed by atoms with Crippen LogP contribution in [0.1, 0.15) is 29.3 Å². The lowest BCUT2D eigenvalue weighted by Gasteiger charge is -2.24. The minimum atomic E-state index is -0.332. The largest absolute Gasteiger partial charge is 0.497 e. The van der Waals surface area contributed by atoms with Crippen molar-refractivity contribution in [3.63, 3.8) is 0 Å². The lowest BCUT2D eigenvalue weighted by Crippen LogP contribution is -2.24. The molecule has 1 fully saturated rings. The van der Waals surface area contributed by atoms with E-state index >= 15 is 0 Å². The van der Waals surface area contributed by atoms with Crippen molar-refractivity contribution >= 4 is 11.6 Å². The van der Waals surface area contributed by atoms with E-state index in [4.69, 9.17) is 16.3 Å². The van der Waals surface area contributed by atoms with Crippen LogP contribution in [-0.4, -0.2) is 39.5 Å². The first-order valence-corrected chi connectivity index (χ1v) is 8.11. The summed E-state index contributed by atoms with van der Waals surface area (Å²) in [4.78, 5) is 2.26. The first-order chi connectivity index (χ1) is 11.0. The number of aryl methyl sites for hydroxylation is 2. The second-order valence-electron chi connectivity index (χ2n) is 6.09. The molecule has 0 spiro atoms. The van der Waals surface area contributed by atoms with E-state index in [1.807, 2.05) is 32.2 Å². The molecule has 2 atom stereocenters. The molecule has 1 aliphatic rings. The molecule has 0 aliphatic carbocycles. The lowest BCUT2D eigenvalue weighted by molar-refractivity contribution is 0.172. The molecule has 0 bridgehead atoms. The van der Waals surface area contributed by atoms with Crippen LogP contribution in [0.4, 0.5) is 0 Å². The highest BCUT2D eigenvalue weighted by Gasteiger charge is 2.33. The Balaban J connectivity index is 1.87. The van der Waals surface area contributed by atoms with E-state index < -0.39 is 0 Å². The van der Waals surface area contributed by atoms with E-state index in [1.165, 1.54) is 0 Å². The van der Waals surface area contributed by atoms with Crippen LogP contribution in [0.5, 0.6) is 5.75 Å². The van der Waals surface area contributed by atoms with Gasteiger partial charge in [0.1, 0.15) is 10.9 Å². The molecule has 1 aromatic carbocycles. The molecule has 1 N–H and O–H groups in total. The van der Waals surface area contributed by atoms with Crippen molar-refractivity contribution in [1.82, 2.24) is 14.7 Å². The topological polar surface area (TPSA) is 50.5 Å². The van der Waals surface area contributed by atoms with Crippen molar-refractivity contribution in [2.45, 2.75) is 32.0 Å². The van der Waals surface area contributed by atoms with Gasteiger partial charge in [-0.3, -0.25) is 9.58 Å². The van der Waals surface area contributed by atoms with Crippen molar-refractivity contribution in [3.05, 3.63) is 46.2 Å². The first kappa shape index (κ1) is 16.3. The Bertz CT molecular complexity index is 701. The Morgan fingerprint density at radius 3 is 2.87 bits per heavy atom. The van der Waals surface area contributed by atoms with Gasteiger partial charge in [-0.25, -0.2) is 0 Å². The molecule has 3 rings (SSSR count). The predicted octanol–water partition coefficient (Wildman–Crippen LogP) is 2.70. The number of hydrogen-bond acceptors (Lipinski definition) is 4. The number of benzene rings is 1. The van der Waals surface area contributed by atoms with E-state index in [0.29, 0.717) is 24.7 Å². The van der Waals surface area contributed by atoms with Gasteiger partial charge in [-0.2, -0.15) is 5.10 Å². The van der Waals surface area contributed by atoms with Crippen molar-refractivity contribution in [3.8, 4) is 5.75 Å². The summed E-state index contributed by atoms with van der Waals surface area (Å²) in [6.45, 7) is 3.28. The third kappa shape index (κ3) is 3.22. The molecule has 124 valence electrons. The Morgan fingerprint density at radius 1 is 1.43 bits per heavy atom. The monoisotopic (exact) mass is 335 g/mol. The fourth-order valence-corrected chi connectivity index (χ4v) is 3.54. The summed E-state index contributed by atoms with van der Waals surface area (Å²) in [6.07, 6.45) is 0.381. The first-order valence-electron chi connectivity index (χ1n) is 7.73. The molecular weight excluding hydrogens is 314 g/mol. The van der Waals surface area contributed by atoms with E-state index in [0.717, 1.165) is 22.6 Å². The van der Waals surface area contributed by atoms with Crippen LogP contribution >= 0.6 is 11.6 Å². The highest BCUT2D eigenvalue weighted by Crippen LogP contribution is 2.36. The van der Waals surface area contributed by atoms with Crippen molar-refractivity contribution in [2.75, 3.05) is 13.7 Å². The molecule has 2 heterocycles. The smallest absolute Gasteiger partial charge is 0.131 e. The maximum absolute atomic E-state index is 10.2. The van der Waals surface area contributed by atoms with Gasteiger partial charge in [0.25, 0.3) is 0 Å². The van der Waals surface area contributed by atoms with E-state index in [1.54, 1.807) is 11.8 Å². The fraction of sp³-hybridized carbons (Fsp3) is 0.471. The molecule has 1 aromatic heterocycles. The Morgan fingerprint density at radius 2 is 2.22 bits per heavy atom. The third-order valence-corrected chi connectivity index (χ3v) is 4.96. The minimum absolute atomic E-state index is 0.149. The van der Waals surface area contributed by atoms with Crippen LogP contribution < -0.4 is 4.74 Å². The number of aliphatic hydroxyl groups is 1. The fourth-order valence-electron chi connectivity index (χ4n) is 3.31.